The Bertz CT molecular complexity index is 537. The zero-order valence-electron chi connectivity index (χ0n) is 11.0. The fourth-order valence-corrected chi connectivity index (χ4v) is 4.30. The Morgan fingerprint density at radius 1 is 1.44 bits per heavy atom. The van der Waals surface area contributed by atoms with Gasteiger partial charge in [-0.1, -0.05) is 6.92 Å². The van der Waals surface area contributed by atoms with Crippen LogP contribution in [-0.4, -0.2) is 35.1 Å². The van der Waals surface area contributed by atoms with Crippen LogP contribution >= 0.6 is 0 Å². The molecule has 0 amide bonds. The van der Waals surface area contributed by atoms with Gasteiger partial charge in [0.25, 0.3) is 0 Å². The summed E-state index contributed by atoms with van der Waals surface area (Å²) in [6, 6.07) is 0.0124. The Kier molecular flexibility index (Phi) is 3.37. The molecule has 2 heterocycles. The SMILES string of the molecule is CC1CCN(S(=O)(=O)c2cn(C)nc2N)C(C)C1. The number of hydrogen-bond donors (Lipinski definition) is 1. The molecule has 0 saturated carbocycles. The fourth-order valence-electron chi connectivity index (χ4n) is 2.55. The van der Waals surface area contributed by atoms with Crippen molar-refractivity contribution in [3.05, 3.63) is 6.20 Å². The molecule has 1 fully saturated rings. The molecular weight excluding hydrogens is 252 g/mol. The highest BCUT2D eigenvalue weighted by Gasteiger charge is 2.35. The van der Waals surface area contributed by atoms with E-state index in [-0.39, 0.29) is 16.8 Å². The van der Waals surface area contributed by atoms with Crippen LogP contribution in [0.3, 0.4) is 0 Å². The Morgan fingerprint density at radius 2 is 2.11 bits per heavy atom. The average molecular weight is 272 g/mol. The van der Waals surface area contributed by atoms with E-state index in [0.717, 1.165) is 12.8 Å². The Morgan fingerprint density at radius 3 is 2.61 bits per heavy atom. The smallest absolute Gasteiger partial charge is 0.248 e. The molecule has 1 saturated heterocycles. The molecule has 1 aromatic rings. The average Bonchev–Trinajstić information content (AvgIpc) is 2.57. The van der Waals surface area contributed by atoms with Gasteiger partial charge in [0, 0.05) is 25.8 Å². The van der Waals surface area contributed by atoms with Gasteiger partial charge in [0.2, 0.25) is 10.0 Å². The third kappa shape index (κ3) is 2.24. The van der Waals surface area contributed by atoms with Crippen molar-refractivity contribution >= 4 is 15.8 Å². The van der Waals surface area contributed by atoms with Crippen molar-refractivity contribution in [2.24, 2.45) is 13.0 Å². The lowest BCUT2D eigenvalue weighted by Crippen LogP contribution is -2.44. The first-order valence-corrected chi connectivity index (χ1v) is 7.57. The topological polar surface area (TPSA) is 81.2 Å². The lowest BCUT2D eigenvalue weighted by Gasteiger charge is -2.35. The Labute approximate surface area is 108 Å². The van der Waals surface area contributed by atoms with Gasteiger partial charge in [-0.3, -0.25) is 4.68 Å². The van der Waals surface area contributed by atoms with E-state index >= 15 is 0 Å². The maximum absolute atomic E-state index is 12.5. The van der Waals surface area contributed by atoms with E-state index in [1.165, 1.54) is 10.9 Å². The first-order valence-electron chi connectivity index (χ1n) is 6.13. The minimum Gasteiger partial charge on any atom is -0.381 e. The van der Waals surface area contributed by atoms with Crippen molar-refractivity contribution in [1.82, 2.24) is 14.1 Å². The summed E-state index contributed by atoms with van der Waals surface area (Å²) in [7, 11) is -1.86. The number of anilines is 1. The molecule has 1 aliphatic rings. The van der Waals surface area contributed by atoms with Gasteiger partial charge in [0.15, 0.2) is 5.82 Å². The van der Waals surface area contributed by atoms with Crippen LogP contribution in [0, 0.1) is 5.92 Å². The number of piperidine rings is 1. The molecule has 0 aromatic carbocycles. The van der Waals surface area contributed by atoms with Gasteiger partial charge < -0.3 is 5.73 Å². The van der Waals surface area contributed by atoms with Crippen LogP contribution in [0.15, 0.2) is 11.1 Å². The molecule has 1 aromatic heterocycles. The van der Waals surface area contributed by atoms with Crippen molar-refractivity contribution in [3.63, 3.8) is 0 Å². The number of nitrogens with two attached hydrogens (primary N) is 1. The zero-order valence-corrected chi connectivity index (χ0v) is 11.8. The highest BCUT2D eigenvalue weighted by molar-refractivity contribution is 7.89. The normalized spacial score (nSPS) is 26.4. The van der Waals surface area contributed by atoms with E-state index in [0.29, 0.717) is 12.5 Å². The van der Waals surface area contributed by atoms with Gasteiger partial charge in [-0.25, -0.2) is 8.42 Å². The van der Waals surface area contributed by atoms with Crippen LogP contribution in [-0.2, 0) is 17.1 Å². The summed E-state index contributed by atoms with van der Waals surface area (Å²) >= 11 is 0. The number of nitrogen functional groups attached to an aromatic ring is 1. The van der Waals surface area contributed by atoms with Crippen LogP contribution in [0.25, 0.3) is 0 Å². The Hall–Kier alpha value is -1.08. The van der Waals surface area contributed by atoms with E-state index in [1.54, 1.807) is 11.4 Å². The second-order valence-electron chi connectivity index (χ2n) is 5.15. The van der Waals surface area contributed by atoms with Gasteiger partial charge >= 0.3 is 0 Å². The molecule has 0 aliphatic carbocycles. The number of rotatable bonds is 2. The van der Waals surface area contributed by atoms with Crippen LogP contribution in [0.5, 0.6) is 0 Å². The highest BCUT2D eigenvalue weighted by atomic mass is 32.2. The third-order valence-electron chi connectivity index (χ3n) is 3.49. The van der Waals surface area contributed by atoms with Gasteiger partial charge in [0.05, 0.1) is 0 Å². The second-order valence-corrected chi connectivity index (χ2v) is 7.01. The number of nitrogens with zero attached hydrogens (tertiary/aromatic N) is 3. The molecular formula is C11H20N4O2S. The molecule has 2 N–H and O–H groups in total. The van der Waals surface area contributed by atoms with Gasteiger partial charge in [0.1, 0.15) is 4.90 Å². The van der Waals surface area contributed by atoms with E-state index in [4.69, 9.17) is 5.73 Å². The molecule has 18 heavy (non-hydrogen) atoms. The predicted octanol–water partition coefficient (Wildman–Crippen LogP) is 0.811. The van der Waals surface area contributed by atoms with Gasteiger partial charge in [-0.15, -0.1) is 0 Å². The Balaban J connectivity index is 2.34. The molecule has 2 atom stereocenters. The summed E-state index contributed by atoms with van der Waals surface area (Å²) in [5.41, 5.74) is 5.67. The van der Waals surface area contributed by atoms with E-state index < -0.39 is 10.0 Å². The second kappa shape index (κ2) is 4.55. The summed E-state index contributed by atoms with van der Waals surface area (Å²) in [5.74, 6) is 0.640. The zero-order chi connectivity index (χ0) is 13.5. The summed E-state index contributed by atoms with van der Waals surface area (Å²) in [4.78, 5) is 0.117. The maximum Gasteiger partial charge on any atom is 0.248 e. The van der Waals surface area contributed by atoms with Gasteiger partial charge in [-0.05, 0) is 25.7 Å². The van der Waals surface area contributed by atoms with Crippen molar-refractivity contribution in [1.29, 1.82) is 0 Å². The monoisotopic (exact) mass is 272 g/mol. The maximum atomic E-state index is 12.5. The minimum absolute atomic E-state index is 0.0124. The molecule has 2 rings (SSSR count). The summed E-state index contributed by atoms with van der Waals surface area (Å²) in [6.07, 6.45) is 3.25. The molecule has 0 spiro atoms. The van der Waals surface area contributed by atoms with E-state index in [2.05, 4.69) is 12.0 Å². The molecule has 2 unspecified atom stereocenters. The number of aromatic nitrogens is 2. The van der Waals surface area contributed by atoms with E-state index in [1.807, 2.05) is 6.92 Å². The van der Waals surface area contributed by atoms with Crippen molar-refractivity contribution in [2.75, 3.05) is 12.3 Å². The molecule has 102 valence electrons. The third-order valence-corrected chi connectivity index (χ3v) is 5.52. The first-order chi connectivity index (χ1) is 8.32. The molecule has 1 aliphatic heterocycles. The van der Waals surface area contributed by atoms with Crippen molar-refractivity contribution < 1.29 is 8.42 Å². The first kappa shape index (κ1) is 13.4. The summed E-state index contributed by atoms with van der Waals surface area (Å²) < 4.78 is 28.0. The highest BCUT2D eigenvalue weighted by Crippen LogP contribution is 2.29. The lowest BCUT2D eigenvalue weighted by molar-refractivity contribution is 0.220. The van der Waals surface area contributed by atoms with Crippen LogP contribution in [0.4, 0.5) is 5.82 Å². The van der Waals surface area contributed by atoms with Crippen molar-refractivity contribution in [2.45, 2.75) is 37.6 Å². The molecule has 6 nitrogen and oxygen atoms in total. The molecule has 0 radical (unpaired) electrons. The van der Waals surface area contributed by atoms with Crippen LogP contribution in [0.1, 0.15) is 26.7 Å². The predicted molar refractivity (Wildman–Crippen MR) is 69.4 cm³/mol. The lowest BCUT2D eigenvalue weighted by atomic mass is 9.95. The fraction of sp³-hybridized carbons (Fsp3) is 0.727. The van der Waals surface area contributed by atoms with Gasteiger partial charge in [-0.2, -0.15) is 9.40 Å². The van der Waals surface area contributed by atoms with Crippen LogP contribution < -0.4 is 5.73 Å². The summed E-state index contributed by atoms with van der Waals surface area (Å²) in [6.45, 7) is 4.65. The largest absolute Gasteiger partial charge is 0.381 e. The van der Waals surface area contributed by atoms with Crippen molar-refractivity contribution in [3.8, 4) is 0 Å². The number of sulfonamides is 1. The molecule has 0 bridgehead atoms. The minimum atomic E-state index is -3.52. The standard InChI is InChI=1S/C11H20N4O2S/c1-8-4-5-15(9(2)6-8)18(16,17)10-7-14(3)13-11(10)12/h7-9H,4-6H2,1-3H3,(H2,12,13). The van der Waals surface area contributed by atoms with Crippen LogP contribution in [0.2, 0.25) is 0 Å². The summed E-state index contributed by atoms with van der Waals surface area (Å²) in [5, 5.41) is 3.90. The quantitative estimate of drug-likeness (QED) is 0.864. The number of hydrogen-bond acceptors (Lipinski definition) is 4. The molecule has 7 heteroatoms. The number of aryl methyl sites for hydroxylation is 1. The van der Waals surface area contributed by atoms with E-state index in [9.17, 15) is 8.42 Å².